The lowest BCUT2D eigenvalue weighted by Gasteiger charge is -2.39. The van der Waals surface area contributed by atoms with Gasteiger partial charge in [-0.3, -0.25) is 0 Å². The number of hydrogen-bond acceptors (Lipinski definition) is 5. The molecule has 0 unspecified atom stereocenters. The number of hydrogen-bond donors (Lipinski definition) is 0. The van der Waals surface area contributed by atoms with Crippen LogP contribution >= 0.6 is 11.3 Å². The summed E-state index contributed by atoms with van der Waals surface area (Å²) in [6.45, 7) is 0. The van der Waals surface area contributed by atoms with Crippen molar-refractivity contribution in [3.05, 3.63) is 253 Å². The van der Waals surface area contributed by atoms with Crippen LogP contribution in [0.2, 0.25) is 0 Å². The maximum atomic E-state index is 6.77. The average molecular weight is 911 g/mol. The SMILES string of the molecule is c1ccc(-c2nc(-c3ccccc3)nc(-c3ccc4c(c3)-c3cc(-c5c6c(cc7c5c5ccccc5n7-c5ccccc5)sc5ccccc56)ccc3C43c4ccccc4Oc4ccccc43)n2)cc1. The maximum absolute atomic E-state index is 6.77. The summed E-state index contributed by atoms with van der Waals surface area (Å²) in [6.07, 6.45) is 0. The highest BCUT2D eigenvalue weighted by molar-refractivity contribution is 7.26. The monoisotopic (exact) mass is 910 g/mol. The molecule has 1 aliphatic heterocycles. The second-order valence-corrected chi connectivity index (χ2v) is 19.3. The Bertz CT molecular complexity index is 4170. The molecule has 0 N–H and O–H groups in total. The van der Waals surface area contributed by atoms with E-state index < -0.39 is 5.41 Å². The molecule has 3 aromatic heterocycles. The number of nitrogens with zero attached hydrogens (tertiary/aromatic N) is 4. The van der Waals surface area contributed by atoms with Gasteiger partial charge in [-0.2, -0.15) is 0 Å². The molecule has 0 bridgehead atoms. The summed E-state index contributed by atoms with van der Waals surface area (Å²) in [5.41, 5.74) is 15.0. The van der Waals surface area contributed by atoms with Crippen molar-refractivity contribution in [2.24, 2.45) is 0 Å². The van der Waals surface area contributed by atoms with Crippen LogP contribution in [0.5, 0.6) is 11.5 Å². The third-order valence-corrected chi connectivity index (χ3v) is 15.6. The number of fused-ring (bicyclic) bond motifs is 15. The van der Waals surface area contributed by atoms with Gasteiger partial charge in [-0.05, 0) is 82.4 Å². The van der Waals surface area contributed by atoms with E-state index in [4.69, 9.17) is 19.7 Å². The Morgan fingerprint density at radius 3 is 1.54 bits per heavy atom. The molecule has 0 radical (unpaired) electrons. The van der Waals surface area contributed by atoms with Crippen LogP contribution in [-0.2, 0) is 5.41 Å². The van der Waals surface area contributed by atoms with Crippen LogP contribution in [0.3, 0.4) is 0 Å². The zero-order chi connectivity index (χ0) is 45.9. The zero-order valence-corrected chi connectivity index (χ0v) is 38.4. The highest BCUT2D eigenvalue weighted by Crippen LogP contribution is 2.63. The standard InChI is InChI=1S/C64H38N4OS/c1-4-18-39(19-5-1)61-65-62(40-20-6-2-7-21-40)67-63(66-61)42-33-35-49-47(37-42)46-36-41(32-34-48(46)64(49)50-26-12-15-29-54(50)69-55-30-16-13-27-51(55)64)58-59-44-24-10-14-28-52(44)68(43-22-8-3-9-23-43)53(59)38-57-60(58)45-25-11-17-31-56(45)70-57/h1-38H. The lowest BCUT2D eigenvalue weighted by atomic mass is 9.66. The van der Waals surface area contributed by atoms with Gasteiger partial charge in [-0.25, -0.2) is 15.0 Å². The van der Waals surface area contributed by atoms with Crippen molar-refractivity contribution in [1.29, 1.82) is 0 Å². The molecule has 0 saturated heterocycles. The van der Waals surface area contributed by atoms with Crippen LogP contribution < -0.4 is 4.74 Å². The summed E-state index contributed by atoms with van der Waals surface area (Å²) in [6, 6.07) is 82.6. The molecule has 326 valence electrons. The molecule has 4 heterocycles. The van der Waals surface area contributed by atoms with Gasteiger partial charge in [0.15, 0.2) is 17.5 Å². The van der Waals surface area contributed by atoms with Crippen LogP contribution in [0.15, 0.2) is 231 Å². The summed E-state index contributed by atoms with van der Waals surface area (Å²) in [5, 5.41) is 5.00. The van der Waals surface area contributed by atoms with Gasteiger partial charge in [-0.15, -0.1) is 11.3 Å². The lowest BCUT2D eigenvalue weighted by molar-refractivity contribution is 0.436. The largest absolute Gasteiger partial charge is 0.457 e. The van der Waals surface area contributed by atoms with Gasteiger partial charge in [0.1, 0.15) is 11.5 Å². The fourth-order valence-electron chi connectivity index (χ4n) is 11.6. The number of rotatable bonds is 5. The average Bonchev–Trinajstić information content (AvgIpc) is 4.07. The summed E-state index contributed by atoms with van der Waals surface area (Å²) in [5.74, 6) is 3.59. The number of para-hydroxylation sites is 4. The van der Waals surface area contributed by atoms with Gasteiger partial charge in [-0.1, -0.05) is 176 Å². The van der Waals surface area contributed by atoms with Crippen molar-refractivity contribution in [1.82, 2.24) is 19.5 Å². The molecule has 0 amide bonds. The molecule has 1 aliphatic carbocycles. The van der Waals surface area contributed by atoms with Crippen LogP contribution in [-0.4, -0.2) is 19.5 Å². The zero-order valence-electron chi connectivity index (χ0n) is 37.5. The normalized spacial score (nSPS) is 13.1. The van der Waals surface area contributed by atoms with Crippen molar-refractivity contribution in [3.63, 3.8) is 0 Å². The minimum Gasteiger partial charge on any atom is -0.457 e. The first-order valence-corrected chi connectivity index (χ1v) is 24.5. The summed E-state index contributed by atoms with van der Waals surface area (Å²) in [7, 11) is 0. The first kappa shape index (κ1) is 39.1. The van der Waals surface area contributed by atoms with Gasteiger partial charge < -0.3 is 9.30 Å². The Morgan fingerprint density at radius 2 is 0.886 bits per heavy atom. The molecule has 6 heteroatoms. The van der Waals surface area contributed by atoms with Gasteiger partial charge in [0.05, 0.1) is 16.4 Å². The Labute approximate surface area is 407 Å². The fourth-order valence-corrected chi connectivity index (χ4v) is 12.8. The van der Waals surface area contributed by atoms with E-state index in [0.717, 1.165) is 61.7 Å². The van der Waals surface area contributed by atoms with E-state index in [0.29, 0.717) is 17.5 Å². The number of aromatic nitrogens is 4. The molecule has 70 heavy (non-hydrogen) atoms. The first-order valence-electron chi connectivity index (χ1n) is 23.7. The topological polar surface area (TPSA) is 52.8 Å². The Kier molecular flexibility index (Phi) is 8.38. The summed E-state index contributed by atoms with van der Waals surface area (Å²) >= 11 is 1.87. The Morgan fingerprint density at radius 1 is 0.371 bits per heavy atom. The van der Waals surface area contributed by atoms with Crippen molar-refractivity contribution in [3.8, 4) is 73.6 Å². The minimum atomic E-state index is -0.670. The second kappa shape index (κ2) is 15.0. The molecule has 0 fully saturated rings. The number of benzene rings is 10. The van der Waals surface area contributed by atoms with E-state index in [1.165, 1.54) is 58.7 Å². The summed E-state index contributed by atoms with van der Waals surface area (Å²) < 4.78 is 11.7. The molecule has 2 aliphatic rings. The molecule has 0 atom stereocenters. The molecule has 0 saturated carbocycles. The van der Waals surface area contributed by atoms with Crippen LogP contribution in [0.1, 0.15) is 22.3 Å². The summed E-state index contributed by atoms with van der Waals surface area (Å²) in [4.78, 5) is 15.5. The lowest BCUT2D eigenvalue weighted by Crippen LogP contribution is -2.32. The van der Waals surface area contributed by atoms with E-state index in [1.807, 2.05) is 47.7 Å². The van der Waals surface area contributed by atoms with Crippen LogP contribution in [0, 0.1) is 0 Å². The molecular weight excluding hydrogens is 873 g/mol. The smallest absolute Gasteiger partial charge is 0.164 e. The number of ether oxygens (including phenoxy) is 1. The Hall–Kier alpha value is -8.97. The first-order chi connectivity index (χ1) is 34.7. The fraction of sp³-hybridized carbons (Fsp3) is 0.0156. The van der Waals surface area contributed by atoms with Crippen molar-refractivity contribution in [2.45, 2.75) is 5.41 Å². The molecule has 5 nitrogen and oxygen atoms in total. The van der Waals surface area contributed by atoms with E-state index in [-0.39, 0.29) is 0 Å². The molecule has 15 rings (SSSR count). The van der Waals surface area contributed by atoms with Crippen molar-refractivity contribution in [2.75, 3.05) is 0 Å². The van der Waals surface area contributed by atoms with E-state index in [9.17, 15) is 0 Å². The highest BCUT2D eigenvalue weighted by atomic mass is 32.1. The van der Waals surface area contributed by atoms with E-state index in [1.54, 1.807) is 0 Å². The maximum Gasteiger partial charge on any atom is 0.164 e. The molecule has 10 aromatic carbocycles. The predicted octanol–water partition coefficient (Wildman–Crippen LogP) is 16.5. The van der Waals surface area contributed by atoms with Crippen molar-refractivity contribution < 1.29 is 4.74 Å². The number of thiophene rings is 1. The minimum absolute atomic E-state index is 0.617. The molecule has 13 aromatic rings. The Balaban J connectivity index is 1.05. The van der Waals surface area contributed by atoms with E-state index >= 15 is 0 Å². The van der Waals surface area contributed by atoms with E-state index in [2.05, 4.69) is 199 Å². The quantitative estimate of drug-likeness (QED) is 0.173. The third-order valence-electron chi connectivity index (χ3n) is 14.5. The van der Waals surface area contributed by atoms with Crippen LogP contribution in [0.25, 0.3) is 104 Å². The molecular formula is C64H38N4OS. The van der Waals surface area contributed by atoms with Crippen molar-refractivity contribution >= 4 is 53.3 Å². The predicted molar refractivity (Wildman–Crippen MR) is 286 cm³/mol. The third kappa shape index (κ3) is 5.56. The highest BCUT2D eigenvalue weighted by Gasteiger charge is 2.51. The van der Waals surface area contributed by atoms with Crippen LogP contribution in [0.4, 0.5) is 0 Å². The van der Waals surface area contributed by atoms with Gasteiger partial charge in [0, 0.05) is 70.0 Å². The van der Waals surface area contributed by atoms with Gasteiger partial charge in [0.25, 0.3) is 0 Å². The molecule has 1 spiro atoms. The van der Waals surface area contributed by atoms with Gasteiger partial charge >= 0.3 is 0 Å². The second-order valence-electron chi connectivity index (χ2n) is 18.2. The van der Waals surface area contributed by atoms with Gasteiger partial charge in [0.2, 0.25) is 0 Å².